The summed E-state index contributed by atoms with van der Waals surface area (Å²) in [5.74, 6) is 5.15. The minimum absolute atomic E-state index is 0.160. The minimum atomic E-state index is -0.380. The van der Waals surface area contributed by atoms with Crippen molar-refractivity contribution in [1.82, 2.24) is 5.43 Å². The molecule has 1 amide bonds. The van der Waals surface area contributed by atoms with Gasteiger partial charge in [0.25, 0.3) is 5.91 Å². The highest BCUT2D eigenvalue weighted by atomic mass is 35.5. The number of nitrogens with two attached hydrogens (primary N) is 1. The fraction of sp³-hybridized carbons (Fsp3) is 0.0714. The van der Waals surface area contributed by atoms with Gasteiger partial charge in [-0.15, -0.1) is 0 Å². The van der Waals surface area contributed by atoms with Gasteiger partial charge in [0.1, 0.15) is 6.61 Å². The molecule has 2 aromatic rings. The van der Waals surface area contributed by atoms with Crippen LogP contribution < -0.4 is 16.0 Å². The number of hydrazine groups is 1. The monoisotopic (exact) mass is 310 g/mol. The number of amides is 1. The Morgan fingerprint density at radius 1 is 1.10 bits per heavy atom. The van der Waals surface area contributed by atoms with E-state index in [1.54, 1.807) is 42.5 Å². The molecule has 104 valence electrons. The molecule has 0 aliphatic rings. The van der Waals surface area contributed by atoms with Crippen molar-refractivity contribution in [3.63, 3.8) is 0 Å². The summed E-state index contributed by atoms with van der Waals surface area (Å²) in [6.07, 6.45) is 0. The Morgan fingerprint density at radius 3 is 2.40 bits per heavy atom. The van der Waals surface area contributed by atoms with Crippen molar-refractivity contribution in [2.45, 2.75) is 6.61 Å². The quantitative estimate of drug-likeness (QED) is 0.518. The van der Waals surface area contributed by atoms with Crippen molar-refractivity contribution in [2.24, 2.45) is 5.84 Å². The molecule has 0 aliphatic heterocycles. The van der Waals surface area contributed by atoms with Gasteiger partial charge < -0.3 is 4.74 Å². The molecule has 0 aromatic heterocycles. The molecular formula is C14H12Cl2N2O2. The summed E-state index contributed by atoms with van der Waals surface area (Å²) in [5.41, 5.74) is 3.23. The number of ether oxygens (including phenoxy) is 1. The van der Waals surface area contributed by atoms with Crippen LogP contribution in [0.15, 0.2) is 42.5 Å². The summed E-state index contributed by atoms with van der Waals surface area (Å²) in [7, 11) is 0. The largest absolute Gasteiger partial charge is 0.486 e. The summed E-state index contributed by atoms with van der Waals surface area (Å²) in [4.78, 5) is 11.6. The van der Waals surface area contributed by atoms with Crippen molar-refractivity contribution >= 4 is 29.1 Å². The smallest absolute Gasteiger partial charge is 0.265 e. The first-order valence-corrected chi connectivity index (χ1v) is 6.54. The highest BCUT2D eigenvalue weighted by Crippen LogP contribution is 2.33. The Morgan fingerprint density at radius 2 is 1.75 bits per heavy atom. The molecule has 0 bridgehead atoms. The van der Waals surface area contributed by atoms with E-state index in [1.807, 2.05) is 0 Å². The van der Waals surface area contributed by atoms with E-state index >= 15 is 0 Å². The van der Waals surface area contributed by atoms with Crippen molar-refractivity contribution in [3.05, 3.63) is 63.6 Å². The molecular weight excluding hydrogens is 299 g/mol. The van der Waals surface area contributed by atoms with Gasteiger partial charge in [0, 0.05) is 11.1 Å². The van der Waals surface area contributed by atoms with E-state index in [9.17, 15) is 4.79 Å². The SMILES string of the molecule is NNC(=O)c1ccccc1COc1c(Cl)cccc1Cl. The number of rotatable bonds is 4. The van der Waals surface area contributed by atoms with Crippen molar-refractivity contribution in [3.8, 4) is 5.75 Å². The van der Waals surface area contributed by atoms with Crippen LogP contribution in [0.5, 0.6) is 5.75 Å². The number of nitrogen functional groups attached to an aromatic ring is 1. The van der Waals surface area contributed by atoms with Crippen LogP contribution in [-0.4, -0.2) is 5.91 Å². The molecule has 0 aliphatic carbocycles. The van der Waals surface area contributed by atoms with Gasteiger partial charge in [0.15, 0.2) is 5.75 Å². The number of hydrogen-bond acceptors (Lipinski definition) is 3. The number of nitrogens with one attached hydrogen (secondary N) is 1. The first-order chi connectivity index (χ1) is 9.63. The van der Waals surface area contributed by atoms with E-state index in [2.05, 4.69) is 5.43 Å². The summed E-state index contributed by atoms with van der Waals surface area (Å²) in [5, 5.41) is 0.830. The molecule has 2 rings (SSSR count). The number of carbonyl (C=O) groups is 1. The molecule has 6 heteroatoms. The average Bonchev–Trinajstić information content (AvgIpc) is 2.46. The van der Waals surface area contributed by atoms with Crippen LogP contribution in [-0.2, 0) is 6.61 Å². The van der Waals surface area contributed by atoms with Crippen LogP contribution in [0.2, 0.25) is 10.0 Å². The minimum Gasteiger partial charge on any atom is -0.486 e. The topological polar surface area (TPSA) is 64.3 Å². The molecule has 4 nitrogen and oxygen atoms in total. The van der Waals surface area contributed by atoms with Crippen molar-refractivity contribution < 1.29 is 9.53 Å². The molecule has 0 radical (unpaired) electrons. The maximum Gasteiger partial charge on any atom is 0.265 e. The second-order valence-electron chi connectivity index (χ2n) is 3.97. The second kappa shape index (κ2) is 6.61. The fourth-order valence-corrected chi connectivity index (χ4v) is 2.22. The van der Waals surface area contributed by atoms with E-state index in [0.29, 0.717) is 26.9 Å². The third-order valence-electron chi connectivity index (χ3n) is 2.68. The van der Waals surface area contributed by atoms with Crippen LogP contribution in [0.25, 0.3) is 0 Å². The molecule has 0 unspecified atom stereocenters. The van der Waals surface area contributed by atoms with Crippen LogP contribution >= 0.6 is 23.2 Å². The maximum atomic E-state index is 11.6. The number of benzene rings is 2. The van der Waals surface area contributed by atoms with Crippen molar-refractivity contribution in [1.29, 1.82) is 0 Å². The zero-order valence-corrected chi connectivity index (χ0v) is 11.9. The lowest BCUT2D eigenvalue weighted by Gasteiger charge is -2.12. The zero-order valence-electron chi connectivity index (χ0n) is 10.4. The molecule has 3 N–H and O–H groups in total. The van der Waals surface area contributed by atoms with Crippen LogP contribution in [0.4, 0.5) is 0 Å². The molecule has 0 saturated heterocycles. The van der Waals surface area contributed by atoms with Gasteiger partial charge in [-0.05, 0) is 18.2 Å². The van der Waals surface area contributed by atoms with Crippen molar-refractivity contribution in [2.75, 3.05) is 0 Å². The molecule has 0 atom stereocenters. The van der Waals surface area contributed by atoms with Gasteiger partial charge in [-0.2, -0.15) is 0 Å². The maximum absolute atomic E-state index is 11.6. The van der Waals surface area contributed by atoms with Gasteiger partial charge in [-0.1, -0.05) is 47.5 Å². The number of carbonyl (C=O) groups excluding carboxylic acids is 1. The molecule has 20 heavy (non-hydrogen) atoms. The second-order valence-corrected chi connectivity index (χ2v) is 4.78. The van der Waals surface area contributed by atoms with E-state index in [4.69, 9.17) is 33.8 Å². The van der Waals surface area contributed by atoms with Gasteiger partial charge in [-0.3, -0.25) is 10.2 Å². The molecule has 0 spiro atoms. The highest BCUT2D eigenvalue weighted by Gasteiger charge is 2.12. The zero-order chi connectivity index (χ0) is 14.5. The Kier molecular flexibility index (Phi) is 4.84. The summed E-state index contributed by atoms with van der Waals surface area (Å²) in [6.45, 7) is 0.160. The third kappa shape index (κ3) is 3.22. The molecule has 0 heterocycles. The predicted octanol–water partition coefficient (Wildman–Crippen LogP) is 3.18. The average molecular weight is 311 g/mol. The van der Waals surface area contributed by atoms with E-state index in [-0.39, 0.29) is 12.5 Å². The van der Waals surface area contributed by atoms with Gasteiger partial charge >= 0.3 is 0 Å². The first-order valence-electron chi connectivity index (χ1n) is 5.79. The van der Waals surface area contributed by atoms with Gasteiger partial charge in [-0.25, -0.2) is 5.84 Å². The van der Waals surface area contributed by atoms with Crippen LogP contribution in [0, 0.1) is 0 Å². The lowest BCUT2D eigenvalue weighted by atomic mass is 10.1. The van der Waals surface area contributed by atoms with E-state index in [0.717, 1.165) is 0 Å². The summed E-state index contributed by atoms with van der Waals surface area (Å²) in [6, 6.07) is 12.1. The lowest BCUT2D eigenvalue weighted by Crippen LogP contribution is -2.30. The molecule has 0 saturated carbocycles. The summed E-state index contributed by atoms with van der Waals surface area (Å²) >= 11 is 12.0. The number of para-hydroxylation sites is 1. The van der Waals surface area contributed by atoms with Crippen LogP contribution in [0.1, 0.15) is 15.9 Å². The third-order valence-corrected chi connectivity index (χ3v) is 3.28. The Balaban J connectivity index is 2.21. The first kappa shape index (κ1) is 14.7. The summed E-state index contributed by atoms with van der Waals surface area (Å²) < 4.78 is 5.60. The lowest BCUT2D eigenvalue weighted by molar-refractivity contribution is 0.0951. The highest BCUT2D eigenvalue weighted by molar-refractivity contribution is 6.37. The number of hydrogen-bond donors (Lipinski definition) is 2. The van der Waals surface area contributed by atoms with E-state index < -0.39 is 0 Å². The Bertz CT molecular complexity index is 612. The Hall–Kier alpha value is -1.75. The standard InChI is InChI=1S/C14H12Cl2N2O2/c15-11-6-3-7-12(16)13(11)20-8-9-4-1-2-5-10(9)14(19)18-17/h1-7H,8,17H2,(H,18,19). The van der Waals surface area contributed by atoms with E-state index in [1.165, 1.54) is 0 Å². The van der Waals surface area contributed by atoms with Gasteiger partial charge in [0.2, 0.25) is 0 Å². The van der Waals surface area contributed by atoms with Gasteiger partial charge in [0.05, 0.1) is 10.0 Å². The normalized spacial score (nSPS) is 10.2. The predicted molar refractivity (Wildman–Crippen MR) is 78.9 cm³/mol. The molecule has 2 aromatic carbocycles. The molecule has 0 fully saturated rings. The Labute approximate surface area is 126 Å². The van der Waals surface area contributed by atoms with Crippen LogP contribution in [0.3, 0.4) is 0 Å². The number of halogens is 2. The fourth-order valence-electron chi connectivity index (χ4n) is 1.72.